The summed E-state index contributed by atoms with van der Waals surface area (Å²) in [5, 5.41) is 6.06. The summed E-state index contributed by atoms with van der Waals surface area (Å²) in [5.74, 6) is 0.621. The van der Waals surface area contributed by atoms with Crippen LogP contribution in [-0.4, -0.2) is 19.7 Å². The molecule has 0 aliphatic carbocycles. The van der Waals surface area contributed by atoms with Crippen LogP contribution in [0.25, 0.3) is 0 Å². The second kappa shape index (κ2) is 3.98. The van der Waals surface area contributed by atoms with Crippen LogP contribution in [0.15, 0.2) is 18.2 Å². The van der Waals surface area contributed by atoms with Crippen molar-refractivity contribution in [3.63, 3.8) is 0 Å². The zero-order chi connectivity index (χ0) is 10.8. The second-order valence-corrected chi connectivity index (χ2v) is 3.71. The molecule has 1 aromatic carbocycles. The van der Waals surface area contributed by atoms with E-state index in [1.54, 1.807) is 13.2 Å². The first kappa shape index (κ1) is 10.1. The van der Waals surface area contributed by atoms with Crippen LogP contribution in [0.1, 0.15) is 11.6 Å². The molecule has 0 radical (unpaired) electrons. The van der Waals surface area contributed by atoms with Gasteiger partial charge in [-0.25, -0.2) is 4.79 Å². The number of nitrogens with one attached hydrogen (secondary N) is 2. The summed E-state index contributed by atoms with van der Waals surface area (Å²) in [6, 6.07) is 5.32. The maximum atomic E-state index is 11.0. The van der Waals surface area contributed by atoms with Gasteiger partial charge in [0.15, 0.2) is 0 Å². The highest BCUT2D eigenvalue weighted by Crippen LogP contribution is 2.28. The molecule has 0 aromatic heterocycles. The molecule has 2 N–H and O–H groups in total. The summed E-state index contributed by atoms with van der Waals surface area (Å²) in [4.78, 5) is 11.0. The first-order valence-electron chi connectivity index (χ1n) is 4.58. The number of carbonyl (C=O) groups excluding carboxylic acids is 1. The Balaban J connectivity index is 2.25. The third-order valence-electron chi connectivity index (χ3n) is 2.35. The minimum atomic E-state index is -0.145. The fourth-order valence-corrected chi connectivity index (χ4v) is 1.74. The molecule has 1 aromatic rings. The summed E-state index contributed by atoms with van der Waals surface area (Å²) in [5.41, 5.74) is 0.981. The maximum Gasteiger partial charge on any atom is 0.315 e. The van der Waals surface area contributed by atoms with E-state index in [0.29, 0.717) is 17.3 Å². The average molecular weight is 227 g/mol. The van der Waals surface area contributed by atoms with E-state index in [0.717, 1.165) is 5.56 Å². The lowest BCUT2D eigenvalue weighted by atomic mass is 10.1. The molecule has 4 nitrogen and oxygen atoms in total. The molecule has 0 unspecified atom stereocenters. The Morgan fingerprint density at radius 2 is 2.33 bits per heavy atom. The first-order valence-corrected chi connectivity index (χ1v) is 4.96. The van der Waals surface area contributed by atoms with Crippen molar-refractivity contribution < 1.29 is 9.53 Å². The molecule has 0 bridgehead atoms. The van der Waals surface area contributed by atoms with Crippen molar-refractivity contribution in [2.75, 3.05) is 13.7 Å². The van der Waals surface area contributed by atoms with E-state index in [4.69, 9.17) is 16.3 Å². The number of amides is 2. The molecule has 1 aliphatic heterocycles. The Morgan fingerprint density at radius 3 is 2.93 bits per heavy atom. The number of urea groups is 1. The van der Waals surface area contributed by atoms with E-state index in [1.807, 2.05) is 12.1 Å². The second-order valence-electron chi connectivity index (χ2n) is 3.30. The quantitative estimate of drug-likeness (QED) is 0.807. The van der Waals surface area contributed by atoms with E-state index < -0.39 is 0 Å². The lowest BCUT2D eigenvalue weighted by Gasteiger charge is -2.11. The lowest BCUT2D eigenvalue weighted by Crippen LogP contribution is -2.21. The SMILES string of the molecule is COc1cc([C@H]2CNC(=O)N2)ccc1Cl. The van der Waals surface area contributed by atoms with Crippen molar-refractivity contribution in [3.05, 3.63) is 28.8 Å². The van der Waals surface area contributed by atoms with Gasteiger partial charge < -0.3 is 15.4 Å². The van der Waals surface area contributed by atoms with Crippen molar-refractivity contribution in [1.82, 2.24) is 10.6 Å². The minimum absolute atomic E-state index is 0.0105. The standard InChI is InChI=1S/C10H11ClN2O2/c1-15-9-4-6(2-3-7(9)11)8-5-12-10(14)13-8/h2-4,8H,5H2,1H3,(H2,12,13,14)/t8-/m1/s1. The van der Waals surface area contributed by atoms with Gasteiger partial charge in [0.25, 0.3) is 0 Å². The molecule has 1 saturated heterocycles. The van der Waals surface area contributed by atoms with Gasteiger partial charge in [0, 0.05) is 6.54 Å². The van der Waals surface area contributed by atoms with Gasteiger partial charge >= 0.3 is 6.03 Å². The number of ether oxygens (including phenoxy) is 1. The van der Waals surface area contributed by atoms with Crippen molar-refractivity contribution in [1.29, 1.82) is 0 Å². The van der Waals surface area contributed by atoms with E-state index >= 15 is 0 Å². The number of halogens is 1. The molecule has 0 saturated carbocycles. The molecule has 15 heavy (non-hydrogen) atoms. The number of methoxy groups -OCH3 is 1. The lowest BCUT2D eigenvalue weighted by molar-refractivity contribution is 0.247. The van der Waals surface area contributed by atoms with Gasteiger partial charge in [-0.2, -0.15) is 0 Å². The van der Waals surface area contributed by atoms with Crippen LogP contribution in [0.5, 0.6) is 5.75 Å². The molecular formula is C10H11ClN2O2. The molecule has 5 heteroatoms. The van der Waals surface area contributed by atoms with E-state index in [9.17, 15) is 4.79 Å². The van der Waals surface area contributed by atoms with Gasteiger partial charge in [-0.3, -0.25) is 0 Å². The van der Waals surface area contributed by atoms with Gasteiger partial charge in [0.2, 0.25) is 0 Å². The zero-order valence-electron chi connectivity index (χ0n) is 8.21. The summed E-state index contributed by atoms with van der Waals surface area (Å²) in [7, 11) is 1.57. The van der Waals surface area contributed by atoms with E-state index in [-0.39, 0.29) is 12.1 Å². The highest BCUT2D eigenvalue weighted by Gasteiger charge is 2.22. The van der Waals surface area contributed by atoms with Gasteiger partial charge in [-0.05, 0) is 17.7 Å². The predicted octanol–water partition coefficient (Wildman–Crippen LogP) is 1.70. The Hall–Kier alpha value is -1.42. The van der Waals surface area contributed by atoms with E-state index in [1.165, 1.54) is 0 Å². The summed E-state index contributed by atoms with van der Waals surface area (Å²) in [6.07, 6.45) is 0. The van der Waals surface area contributed by atoms with Crippen molar-refractivity contribution >= 4 is 17.6 Å². The number of carbonyl (C=O) groups is 1. The molecule has 1 atom stereocenters. The predicted molar refractivity (Wildman–Crippen MR) is 57.3 cm³/mol. The number of benzene rings is 1. The molecule has 0 spiro atoms. The number of rotatable bonds is 2. The fraction of sp³-hybridized carbons (Fsp3) is 0.300. The van der Waals surface area contributed by atoms with Crippen LogP contribution in [0.2, 0.25) is 5.02 Å². The molecule has 1 heterocycles. The molecular weight excluding hydrogens is 216 g/mol. The largest absolute Gasteiger partial charge is 0.495 e. The van der Waals surface area contributed by atoms with Gasteiger partial charge in [0.1, 0.15) is 5.75 Å². The average Bonchev–Trinajstić information content (AvgIpc) is 2.66. The van der Waals surface area contributed by atoms with Crippen LogP contribution in [0, 0.1) is 0 Å². The van der Waals surface area contributed by atoms with Crippen molar-refractivity contribution in [2.24, 2.45) is 0 Å². The molecule has 1 fully saturated rings. The van der Waals surface area contributed by atoms with Crippen LogP contribution in [-0.2, 0) is 0 Å². The molecule has 2 amide bonds. The third-order valence-corrected chi connectivity index (χ3v) is 2.66. The Bertz CT molecular complexity index is 395. The topological polar surface area (TPSA) is 50.4 Å². The Kier molecular flexibility index (Phi) is 2.68. The maximum absolute atomic E-state index is 11.0. The smallest absolute Gasteiger partial charge is 0.315 e. The van der Waals surface area contributed by atoms with Crippen LogP contribution >= 0.6 is 11.6 Å². The summed E-state index contributed by atoms with van der Waals surface area (Å²) in [6.45, 7) is 0.587. The number of hydrogen-bond donors (Lipinski definition) is 2. The summed E-state index contributed by atoms with van der Waals surface area (Å²) >= 11 is 5.90. The first-order chi connectivity index (χ1) is 7.20. The fourth-order valence-electron chi connectivity index (χ4n) is 1.55. The van der Waals surface area contributed by atoms with Crippen LogP contribution in [0.3, 0.4) is 0 Å². The number of hydrogen-bond acceptors (Lipinski definition) is 2. The summed E-state index contributed by atoms with van der Waals surface area (Å²) < 4.78 is 5.11. The third kappa shape index (κ3) is 1.99. The molecule has 2 rings (SSSR count). The molecule has 1 aliphatic rings. The van der Waals surface area contributed by atoms with Gasteiger partial charge in [-0.15, -0.1) is 0 Å². The van der Waals surface area contributed by atoms with Crippen LogP contribution in [0.4, 0.5) is 4.79 Å². The normalized spacial score (nSPS) is 19.6. The monoisotopic (exact) mass is 226 g/mol. The van der Waals surface area contributed by atoms with Crippen molar-refractivity contribution in [2.45, 2.75) is 6.04 Å². The Morgan fingerprint density at radius 1 is 1.53 bits per heavy atom. The highest BCUT2D eigenvalue weighted by molar-refractivity contribution is 6.32. The minimum Gasteiger partial charge on any atom is -0.495 e. The van der Waals surface area contributed by atoms with E-state index in [2.05, 4.69) is 10.6 Å². The Labute approximate surface area is 92.6 Å². The highest BCUT2D eigenvalue weighted by atomic mass is 35.5. The van der Waals surface area contributed by atoms with Crippen molar-refractivity contribution in [3.8, 4) is 5.75 Å². The zero-order valence-corrected chi connectivity index (χ0v) is 8.97. The van der Waals surface area contributed by atoms with Gasteiger partial charge in [0.05, 0.1) is 18.2 Å². The van der Waals surface area contributed by atoms with Crippen LogP contribution < -0.4 is 15.4 Å². The van der Waals surface area contributed by atoms with Gasteiger partial charge in [-0.1, -0.05) is 17.7 Å². The molecule has 80 valence electrons.